The van der Waals surface area contributed by atoms with Crippen molar-refractivity contribution in [3.63, 3.8) is 0 Å². The Morgan fingerprint density at radius 2 is 1.78 bits per heavy atom. The Hall–Kier alpha value is -2.21. The second-order valence-corrected chi connectivity index (χ2v) is 6.67. The monoisotopic (exact) mass is 330 g/mol. The molecule has 0 unspecified atom stereocenters. The molecular weight excluding hydrogens is 312 g/mol. The van der Waals surface area contributed by atoms with Gasteiger partial charge in [-0.15, -0.1) is 11.3 Å². The Kier molecular flexibility index (Phi) is 4.43. The van der Waals surface area contributed by atoms with Gasteiger partial charge in [0.1, 0.15) is 0 Å². The van der Waals surface area contributed by atoms with E-state index in [1.807, 2.05) is 11.8 Å². The molecule has 1 aliphatic rings. The molecule has 0 aliphatic carbocycles. The van der Waals surface area contributed by atoms with Gasteiger partial charge in [0, 0.05) is 35.6 Å². The van der Waals surface area contributed by atoms with Gasteiger partial charge in [-0.25, -0.2) is 9.78 Å². The Balaban J connectivity index is 1.62. The van der Waals surface area contributed by atoms with Crippen LogP contribution in [0.2, 0.25) is 0 Å². The molecule has 3 rings (SSSR count). The number of piperidine rings is 1. The van der Waals surface area contributed by atoms with Crippen molar-refractivity contribution in [3.05, 3.63) is 51.5 Å². The van der Waals surface area contributed by atoms with Crippen LogP contribution in [0.15, 0.2) is 29.6 Å². The molecule has 5 nitrogen and oxygen atoms in total. The molecule has 2 heterocycles. The molecular formula is C17H18N2O3S. The number of aryl methyl sites for hydroxylation is 1. The quantitative estimate of drug-likeness (QED) is 0.938. The first-order valence-corrected chi connectivity index (χ1v) is 8.47. The highest BCUT2D eigenvalue weighted by Crippen LogP contribution is 2.30. The van der Waals surface area contributed by atoms with Crippen LogP contribution >= 0.6 is 11.3 Å². The molecule has 23 heavy (non-hydrogen) atoms. The van der Waals surface area contributed by atoms with Crippen LogP contribution in [0.3, 0.4) is 0 Å². The number of hydrogen-bond acceptors (Lipinski definition) is 4. The van der Waals surface area contributed by atoms with Crippen LogP contribution in [0, 0.1) is 6.92 Å². The lowest BCUT2D eigenvalue weighted by molar-refractivity contribution is 0.0689. The number of thiazole rings is 1. The topological polar surface area (TPSA) is 70.5 Å². The summed E-state index contributed by atoms with van der Waals surface area (Å²) in [5.74, 6) is -0.577. The molecule has 0 atom stereocenters. The number of hydrogen-bond donors (Lipinski definition) is 1. The van der Waals surface area contributed by atoms with Gasteiger partial charge in [-0.3, -0.25) is 4.79 Å². The number of amides is 1. The normalized spacial score (nSPS) is 15.6. The number of rotatable bonds is 3. The summed E-state index contributed by atoms with van der Waals surface area (Å²) >= 11 is 1.70. The van der Waals surface area contributed by atoms with E-state index in [9.17, 15) is 9.59 Å². The zero-order valence-electron chi connectivity index (χ0n) is 12.9. The molecule has 1 saturated heterocycles. The van der Waals surface area contributed by atoms with Gasteiger partial charge in [0.15, 0.2) is 0 Å². The number of nitrogens with zero attached hydrogens (tertiary/aromatic N) is 2. The Morgan fingerprint density at radius 1 is 1.17 bits per heavy atom. The number of carboxylic acid groups (broad SMARTS) is 1. The minimum absolute atomic E-state index is 0.0318. The standard InChI is InChI=1S/C17H18N2O3S/c1-11-10-23-15(18-11)12-6-8-19(9-7-12)16(20)13-2-4-14(5-3-13)17(21)22/h2-5,10,12H,6-9H2,1H3,(H,21,22). The fraction of sp³-hybridized carbons (Fsp3) is 0.353. The van der Waals surface area contributed by atoms with Gasteiger partial charge in [0.2, 0.25) is 0 Å². The maximum Gasteiger partial charge on any atom is 0.335 e. The number of carbonyl (C=O) groups excluding carboxylic acids is 1. The largest absolute Gasteiger partial charge is 0.478 e. The molecule has 2 aromatic rings. The van der Waals surface area contributed by atoms with Crippen molar-refractivity contribution in [1.82, 2.24) is 9.88 Å². The van der Waals surface area contributed by atoms with Crippen LogP contribution in [-0.2, 0) is 0 Å². The smallest absolute Gasteiger partial charge is 0.335 e. The van der Waals surface area contributed by atoms with Crippen LogP contribution in [0.5, 0.6) is 0 Å². The Labute approximate surface area is 138 Å². The van der Waals surface area contributed by atoms with Crippen molar-refractivity contribution in [1.29, 1.82) is 0 Å². The van der Waals surface area contributed by atoms with Gasteiger partial charge in [0.05, 0.1) is 10.6 Å². The number of benzene rings is 1. The molecule has 0 saturated carbocycles. The van der Waals surface area contributed by atoms with Crippen LogP contribution in [0.1, 0.15) is 50.2 Å². The number of carboxylic acids is 1. The summed E-state index contributed by atoms with van der Waals surface area (Å²) in [6, 6.07) is 6.12. The summed E-state index contributed by atoms with van der Waals surface area (Å²) in [5, 5.41) is 12.1. The van der Waals surface area contributed by atoms with Crippen molar-refractivity contribution in [2.24, 2.45) is 0 Å². The number of aromatic nitrogens is 1. The molecule has 1 N–H and O–H groups in total. The first-order valence-electron chi connectivity index (χ1n) is 7.59. The van der Waals surface area contributed by atoms with E-state index in [0.29, 0.717) is 24.6 Å². The molecule has 0 spiro atoms. The minimum atomic E-state index is -0.983. The second-order valence-electron chi connectivity index (χ2n) is 5.78. The van der Waals surface area contributed by atoms with E-state index >= 15 is 0 Å². The first-order chi connectivity index (χ1) is 11.0. The molecule has 1 amide bonds. The third-order valence-electron chi connectivity index (χ3n) is 4.15. The molecule has 120 valence electrons. The Bertz CT molecular complexity index is 716. The van der Waals surface area contributed by atoms with E-state index in [-0.39, 0.29) is 11.5 Å². The number of likely N-dealkylation sites (tertiary alicyclic amines) is 1. The maximum absolute atomic E-state index is 12.5. The fourth-order valence-corrected chi connectivity index (χ4v) is 3.80. The first kappa shape index (κ1) is 15.7. The predicted octanol–water partition coefficient (Wildman–Crippen LogP) is 3.17. The van der Waals surface area contributed by atoms with E-state index < -0.39 is 5.97 Å². The summed E-state index contributed by atoms with van der Waals surface area (Å²) < 4.78 is 0. The SMILES string of the molecule is Cc1csc(C2CCN(C(=O)c3ccc(C(=O)O)cc3)CC2)n1. The minimum Gasteiger partial charge on any atom is -0.478 e. The number of aromatic carboxylic acids is 1. The van der Waals surface area contributed by atoms with Crippen LogP contribution in [-0.4, -0.2) is 40.0 Å². The van der Waals surface area contributed by atoms with E-state index in [0.717, 1.165) is 18.5 Å². The predicted molar refractivity (Wildman–Crippen MR) is 88.1 cm³/mol. The van der Waals surface area contributed by atoms with Crippen LogP contribution < -0.4 is 0 Å². The molecule has 1 aromatic carbocycles. The number of carbonyl (C=O) groups is 2. The highest BCUT2D eigenvalue weighted by atomic mass is 32.1. The van der Waals surface area contributed by atoms with Crippen LogP contribution in [0.25, 0.3) is 0 Å². The second kappa shape index (κ2) is 6.50. The molecule has 0 radical (unpaired) electrons. The molecule has 1 aliphatic heterocycles. The lowest BCUT2D eigenvalue weighted by Gasteiger charge is -2.31. The van der Waals surface area contributed by atoms with Gasteiger partial charge in [-0.05, 0) is 44.0 Å². The summed E-state index contributed by atoms with van der Waals surface area (Å²) in [4.78, 5) is 29.7. The lowest BCUT2D eigenvalue weighted by atomic mass is 9.97. The third-order valence-corrected chi connectivity index (χ3v) is 5.27. The molecule has 0 bridgehead atoms. The molecule has 1 aromatic heterocycles. The average Bonchev–Trinajstić information content (AvgIpc) is 3.01. The molecule has 6 heteroatoms. The summed E-state index contributed by atoms with van der Waals surface area (Å²) in [6.45, 7) is 3.42. The van der Waals surface area contributed by atoms with Crippen molar-refractivity contribution < 1.29 is 14.7 Å². The maximum atomic E-state index is 12.5. The van der Waals surface area contributed by atoms with Crippen molar-refractivity contribution in [3.8, 4) is 0 Å². The van der Waals surface area contributed by atoms with E-state index in [2.05, 4.69) is 10.4 Å². The zero-order chi connectivity index (χ0) is 16.4. The van der Waals surface area contributed by atoms with Gasteiger partial charge >= 0.3 is 5.97 Å². The van der Waals surface area contributed by atoms with Crippen molar-refractivity contribution >= 4 is 23.2 Å². The van der Waals surface area contributed by atoms with Crippen LogP contribution in [0.4, 0.5) is 0 Å². The highest BCUT2D eigenvalue weighted by Gasteiger charge is 2.26. The average molecular weight is 330 g/mol. The zero-order valence-corrected chi connectivity index (χ0v) is 13.7. The fourth-order valence-electron chi connectivity index (χ4n) is 2.83. The van der Waals surface area contributed by atoms with Gasteiger partial charge in [-0.1, -0.05) is 0 Å². The van der Waals surface area contributed by atoms with Gasteiger partial charge in [-0.2, -0.15) is 0 Å². The summed E-state index contributed by atoms with van der Waals surface area (Å²) in [5.41, 5.74) is 1.79. The molecule has 1 fully saturated rings. The van der Waals surface area contributed by atoms with Gasteiger partial charge < -0.3 is 10.0 Å². The Morgan fingerprint density at radius 3 is 2.30 bits per heavy atom. The van der Waals surface area contributed by atoms with E-state index in [4.69, 9.17) is 5.11 Å². The van der Waals surface area contributed by atoms with Crippen molar-refractivity contribution in [2.75, 3.05) is 13.1 Å². The van der Waals surface area contributed by atoms with E-state index in [1.165, 1.54) is 17.1 Å². The van der Waals surface area contributed by atoms with E-state index in [1.54, 1.807) is 23.5 Å². The van der Waals surface area contributed by atoms with Gasteiger partial charge in [0.25, 0.3) is 5.91 Å². The van der Waals surface area contributed by atoms with Crippen molar-refractivity contribution in [2.45, 2.75) is 25.7 Å². The summed E-state index contributed by atoms with van der Waals surface area (Å²) in [7, 11) is 0. The highest BCUT2D eigenvalue weighted by molar-refractivity contribution is 7.09. The lowest BCUT2D eigenvalue weighted by Crippen LogP contribution is -2.37. The third kappa shape index (κ3) is 3.42. The summed E-state index contributed by atoms with van der Waals surface area (Å²) in [6.07, 6.45) is 1.85.